The monoisotopic (exact) mass is 451 g/mol. The third kappa shape index (κ3) is 3.22. The second kappa shape index (κ2) is 7.77. The van der Waals surface area contributed by atoms with Gasteiger partial charge < -0.3 is 10.4 Å². The number of carboxylic acid groups (broad SMARTS) is 1. The second-order valence-electron chi connectivity index (χ2n) is 8.70. The fraction of sp³-hybridized carbons (Fsp3) is 0.333. The highest BCUT2D eigenvalue weighted by Gasteiger charge is 2.70. The Labute approximate surface area is 188 Å². The van der Waals surface area contributed by atoms with Crippen molar-refractivity contribution in [3.05, 3.63) is 65.5 Å². The quantitative estimate of drug-likeness (QED) is 0.576. The number of aliphatic carboxylic acids is 1. The molecule has 2 aromatic rings. The minimum atomic E-state index is -1.63. The lowest BCUT2D eigenvalue weighted by Gasteiger charge is -2.29. The number of nitrogens with one attached hydrogen (secondary N) is 2. The van der Waals surface area contributed by atoms with Gasteiger partial charge in [-0.2, -0.15) is 0 Å². The van der Waals surface area contributed by atoms with Gasteiger partial charge in [-0.05, 0) is 36.6 Å². The highest BCUT2D eigenvalue weighted by atomic mass is 19.1. The molecule has 2 saturated heterocycles. The first-order valence-corrected chi connectivity index (χ1v) is 10.8. The molecule has 3 heterocycles. The maximum Gasteiger partial charge on any atom is 0.303 e. The van der Waals surface area contributed by atoms with Gasteiger partial charge >= 0.3 is 5.97 Å². The van der Waals surface area contributed by atoms with Crippen LogP contribution in [0.2, 0.25) is 0 Å². The topological polar surface area (TPSA) is 116 Å². The van der Waals surface area contributed by atoms with Crippen LogP contribution in [0.25, 0.3) is 0 Å². The van der Waals surface area contributed by atoms with E-state index in [2.05, 4.69) is 10.6 Å². The Kier molecular flexibility index (Phi) is 5.01. The molecule has 3 aliphatic rings. The number of carboxylic acids is 1. The number of amides is 3. The van der Waals surface area contributed by atoms with Crippen LogP contribution in [0, 0.1) is 17.7 Å². The van der Waals surface area contributed by atoms with E-state index in [-0.39, 0.29) is 24.9 Å². The predicted octanol–water partition coefficient (Wildman–Crippen LogP) is 1.65. The van der Waals surface area contributed by atoms with Gasteiger partial charge in [0.1, 0.15) is 11.4 Å². The third-order valence-electron chi connectivity index (χ3n) is 6.90. The van der Waals surface area contributed by atoms with Crippen LogP contribution in [-0.2, 0) is 31.1 Å². The lowest BCUT2D eigenvalue weighted by molar-refractivity contribution is -0.143. The van der Waals surface area contributed by atoms with Crippen LogP contribution in [0.5, 0.6) is 0 Å². The first kappa shape index (κ1) is 21.3. The van der Waals surface area contributed by atoms with Crippen LogP contribution in [0.3, 0.4) is 0 Å². The molecule has 3 aliphatic heterocycles. The summed E-state index contributed by atoms with van der Waals surface area (Å²) in [6.45, 7) is 0.147. The van der Waals surface area contributed by atoms with Crippen molar-refractivity contribution >= 4 is 29.4 Å². The number of anilines is 1. The maximum atomic E-state index is 14.2. The number of imide groups is 1. The number of hydrogen-bond donors (Lipinski definition) is 3. The molecular formula is C24H22FN3O5. The summed E-state index contributed by atoms with van der Waals surface area (Å²) in [4.78, 5) is 52.6. The summed E-state index contributed by atoms with van der Waals surface area (Å²) in [7, 11) is 0. The van der Waals surface area contributed by atoms with Gasteiger partial charge in [-0.1, -0.05) is 30.3 Å². The van der Waals surface area contributed by atoms with Crippen molar-refractivity contribution in [1.29, 1.82) is 0 Å². The zero-order chi connectivity index (χ0) is 23.3. The van der Waals surface area contributed by atoms with Crippen LogP contribution in [0.15, 0.2) is 48.5 Å². The van der Waals surface area contributed by atoms with Gasteiger partial charge in [0.25, 0.3) is 0 Å². The van der Waals surface area contributed by atoms with E-state index in [1.54, 1.807) is 0 Å². The highest BCUT2D eigenvalue weighted by Crippen LogP contribution is 2.53. The number of rotatable bonds is 6. The van der Waals surface area contributed by atoms with E-state index in [0.717, 1.165) is 5.56 Å². The Morgan fingerprint density at radius 2 is 1.85 bits per heavy atom. The van der Waals surface area contributed by atoms with E-state index >= 15 is 0 Å². The Bertz CT molecular complexity index is 1170. The summed E-state index contributed by atoms with van der Waals surface area (Å²) in [5, 5.41) is 15.0. The van der Waals surface area contributed by atoms with E-state index in [9.17, 15) is 28.7 Å². The van der Waals surface area contributed by atoms with E-state index in [4.69, 9.17) is 0 Å². The van der Waals surface area contributed by atoms with Gasteiger partial charge in [-0.25, -0.2) is 4.39 Å². The Morgan fingerprint density at radius 1 is 1.09 bits per heavy atom. The average molecular weight is 451 g/mol. The zero-order valence-electron chi connectivity index (χ0n) is 17.6. The van der Waals surface area contributed by atoms with Crippen LogP contribution >= 0.6 is 0 Å². The van der Waals surface area contributed by atoms with Crippen molar-refractivity contribution < 1.29 is 28.7 Å². The van der Waals surface area contributed by atoms with Crippen molar-refractivity contribution in [2.45, 2.75) is 30.8 Å². The van der Waals surface area contributed by atoms with Crippen molar-refractivity contribution in [2.24, 2.45) is 11.8 Å². The molecule has 33 heavy (non-hydrogen) atoms. The fourth-order valence-electron chi connectivity index (χ4n) is 5.47. The number of benzene rings is 2. The van der Waals surface area contributed by atoms with E-state index in [1.807, 2.05) is 30.3 Å². The van der Waals surface area contributed by atoms with E-state index < -0.39 is 52.9 Å². The van der Waals surface area contributed by atoms with Gasteiger partial charge in [-0.3, -0.25) is 29.4 Å². The molecule has 0 aliphatic carbocycles. The number of likely N-dealkylation sites (tertiary alicyclic amines) is 1. The molecule has 5 rings (SSSR count). The fourth-order valence-corrected chi connectivity index (χ4v) is 5.47. The lowest BCUT2D eigenvalue weighted by atomic mass is 9.76. The lowest BCUT2D eigenvalue weighted by Crippen LogP contribution is -2.53. The molecule has 9 heteroatoms. The summed E-state index contributed by atoms with van der Waals surface area (Å²) in [5.41, 5.74) is -0.0307. The summed E-state index contributed by atoms with van der Waals surface area (Å²) in [5.74, 6) is -5.09. The van der Waals surface area contributed by atoms with Gasteiger partial charge in [0.2, 0.25) is 17.7 Å². The Hall–Kier alpha value is -3.59. The SMILES string of the molecule is O=C(O)CC[C@@H]1N[C@]2(C(=O)Nc3ccc(F)cc32)[C@@H]2C(=O)N(CCc3ccccc3)C(=O)[C@H]12. The smallest absolute Gasteiger partial charge is 0.303 e. The molecule has 4 atom stereocenters. The largest absolute Gasteiger partial charge is 0.481 e. The predicted molar refractivity (Wildman–Crippen MR) is 114 cm³/mol. The molecule has 0 unspecified atom stereocenters. The normalized spacial score (nSPS) is 27.7. The van der Waals surface area contributed by atoms with Gasteiger partial charge in [0.15, 0.2) is 0 Å². The van der Waals surface area contributed by atoms with Gasteiger partial charge in [0.05, 0.1) is 11.8 Å². The van der Waals surface area contributed by atoms with E-state index in [1.165, 1.54) is 23.1 Å². The summed E-state index contributed by atoms with van der Waals surface area (Å²) in [6.07, 6.45) is 0.275. The van der Waals surface area contributed by atoms with Crippen molar-refractivity contribution in [3.63, 3.8) is 0 Å². The number of fused-ring (bicyclic) bond motifs is 4. The molecule has 3 N–H and O–H groups in total. The molecule has 2 fully saturated rings. The first-order valence-electron chi connectivity index (χ1n) is 10.8. The van der Waals surface area contributed by atoms with Crippen LogP contribution in [0.1, 0.15) is 24.0 Å². The van der Waals surface area contributed by atoms with Crippen molar-refractivity contribution in [1.82, 2.24) is 10.2 Å². The molecular weight excluding hydrogens is 429 g/mol. The Balaban J connectivity index is 1.53. The maximum absolute atomic E-state index is 14.2. The second-order valence-corrected chi connectivity index (χ2v) is 8.70. The molecule has 1 spiro atoms. The summed E-state index contributed by atoms with van der Waals surface area (Å²) >= 11 is 0. The molecule has 0 radical (unpaired) electrons. The summed E-state index contributed by atoms with van der Waals surface area (Å²) in [6, 6.07) is 12.5. The van der Waals surface area contributed by atoms with Crippen molar-refractivity contribution in [2.75, 3.05) is 11.9 Å². The minimum absolute atomic E-state index is 0.0573. The Morgan fingerprint density at radius 3 is 2.58 bits per heavy atom. The van der Waals surface area contributed by atoms with Gasteiger partial charge in [0, 0.05) is 30.3 Å². The molecule has 0 bridgehead atoms. The molecule has 170 valence electrons. The number of hydrogen-bond acceptors (Lipinski definition) is 5. The van der Waals surface area contributed by atoms with Gasteiger partial charge in [-0.15, -0.1) is 0 Å². The number of carbonyl (C=O) groups is 4. The molecule has 2 aromatic carbocycles. The van der Waals surface area contributed by atoms with Crippen molar-refractivity contribution in [3.8, 4) is 0 Å². The minimum Gasteiger partial charge on any atom is -0.481 e. The number of nitrogens with zero attached hydrogens (tertiary/aromatic N) is 1. The standard InChI is InChI=1S/C24H22FN3O5/c25-14-6-7-16-15(12-14)24(23(33)26-16)20-19(17(27-24)8-9-18(29)30)21(31)28(22(20)32)11-10-13-4-2-1-3-5-13/h1-7,12,17,19-20,27H,8-11H2,(H,26,33)(H,29,30)/t17-,19+,20-,24-/m0/s1. The molecule has 8 nitrogen and oxygen atoms in total. The molecule has 0 aromatic heterocycles. The molecule has 0 saturated carbocycles. The average Bonchev–Trinajstić information content (AvgIpc) is 3.37. The highest BCUT2D eigenvalue weighted by molar-refractivity contribution is 6.15. The van der Waals surface area contributed by atoms with E-state index in [0.29, 0.717) is 12.1 Å². The molecule has 3 amide bonds. The van der Waals surface area contributed by atoms with Crippen LogP contribution in [-0.4, -0.2) is 46.3 Å². The summed E-state index contributed by atoms with van der Waals surface area (Å²) < 4.78 is 14.2. The number of halogens is 1. The van der Waals surface area contributed by atoms with Crippen LogP contribution in [0.4, 0.5) is 10.1 Å². The number of carbonyl (C=O) groups excluding carboxylic acids is 3. The third-order valence-corrected chi connectivity index (χ3v) is 6.90. The van der Waals surface area contributed by atoms with Crippen LogP contribution < -0.4 is 10.6 Å². The zero-order valence-corrected chi connectivity index (χ0v) is 17.6. The first-order chi connectivity index (χ1) is 15.8.